The summed E-state index contributed by atoms with van der Waals surface area (Å²) in [6.45, 7) is 18.1. The van der Waals surface area contributed by atoms with Crippen LogP contribution in [0.15, 0.2) is 18.5 Å². The molecule has 8 heteroatoms. The number of pyridine rings is 1. The Morgan fingerprint density at radius 3 is 2.48 bits per heavy atom. The van der Waals surface area contributed by atoms with Crippen LogP contribution in [0, 0.1) is 0 Å². The molecule has 0 aliphatic carbocycles. The van der Waals surface area contributed by atoms with Crippen LogP contribution in [0.4, 0.5) is 16.2 Å². The van der Waals surface area contributed by atoms with Crippen molar-refractivity contribution in [3.63, 3.8) is 0 Å². The fourth-order valence-corrected chi connectivity index (χ4v) is 4.47. The van der Waals surface area contributed by atoms with Crippen LogP contribution in [0.3, 0.4) is 0 Å². The zero-order chi connectivity index (χ0) is 22.0. The summed E-state index contributed by atoms with van der Waals surface area (Å²) in [5, 5.41) is 3.12. The number of nitrogens with two attached hydrogens (primary N) is 1. The Morgan fingerprint density at radius 1 is 1.28 bits per heavy atom. The molecule has 7 nitrogen and oxygen atoms in total. The van der Waals surface area contributed by atoms with Gasteiger partial charge < -0.3 is 25.1 Å². The molecule has 29 heavy (non-hydrogen) atoms. The minimum absolute atomic E-state index is 0.0709. The Hall–Kier alpha value is -1.80. The molecule has 2 unspecified atom stereocenters. The molecule has 0 bridgehead atoms. The van der Waals surface area contributed by atoms with Gasteiger partial charge in [-0.3, -0.25) is 4.98 Å². The molecule has 3 N–H and O–H groups in total. The summed E-state index contributed by atoms with van der Waals surface area (Å²) in [7, 11) is -2.04. The summed E-state index contributed by atoms with van der Waals surface area (Å²) in [4.78, 5) is 18.7. The molecular formula is C21H38N4O3Si. The molecule has 1 aromatic rings. The van der Waals surface area contributed by atoms with Gasteiger partial charge >= 0.3 is 6.09 Å². The predicted octanol–water partition coefficient (Wildman–Crippen LogP) is 4.16. The number of hydrogen-bond donors (Lipinski definition) is 2. The Labute approximate surface area is 176 Å². The van der Waals surface area contributed by atoms with Crippen LogP contribution in [-0.2, 0) is 9.16 Å². The second-order valence-electron chi connectivity index (χ2n) is 10.3. The monoisotopic (exact) mass is 422 g/mol. The van der Waals surface area contributed by atoms with Gasteiger partial charge in [-0.05, 0) is 51.4 Å². The quantitative estimate of drug-likeness (QED) is 0.708. The third-order valence-electron chi connectivity index (χ3n) is 5.68. The molecule has 0 spiro atoms. The second kappa shape index (κ2) is 8.51. The number of rotatable bonds is 4. The number of nitrogen functional groups attached to an aromatic ring is 1. The maximum atomic E-state index is 12.4. The molecule has 2 atom stereocenters. The average molecular weight is 423 g/mol. The molecule has 1 aliphatic rings. The predicted molar refractivity (Wildman–Crippen MR) is 121 cm³/mol. The highest BCUT2D eigenvalue weighted by Gasteiger charge is 2.43. The maximum Gasteiger partial charge on any atom is 0.407 e. The van der Waals surface area contributed by atoms with Gasteiger partial charge in [0.2, 0.25) is 0 Å². The van der Waals surface area contributed by atoms with E-state index in [1.165, 1.54) is 0 Å². The van der Waals surface area contributed by atoms with Crippen LogP contribution in [0.2, 0.25) is 18.1 Å². The first-order chi connectivity index (χ1) is 13.2. The lowest BCUT2D eigenvalue weighted by Crippen LogP contribution is -2.59. The van der Waals surface area contributed by atoms with Crippen molar-refractivity contribution in [3.05, 3.63) is 18.5 Å². The number of ether oxygens (including phenoxy) is 1. The standard InChI is InChI=1S/C21H38N4O3Si/c1-20(2,3)27-19(26)24-16-10-12-25(17-9-11-23-13-15(17)22)14-18(16)28-29(7,8)21(4,5)6/h9,11,13,16,18H,10,12,14,22H2,1-8H3,(H,24,26). The van der Waals surface area contributed by atoms with E-state index in [0.29, 0.717) is 12.2 Å². The second-order valence-corrected chi connectivity index (χ2v) is 15.1. The molecule has 1 fully saturated rings. The van der Waals surface area contributed by atoms with Crippen LogP contribution >= 0.6 is 0 Å². The largest absolute Gasteiger partial charge is 0.444 e. The van der Waals surface area contributed by atoms with Crippen molar-refractivity contribution < 1.29 is 14.0 Å². The summed E-state index contributed by atoms with van der Waals surface area (Å²) < 4.78 is 12.2. The van der Waals surface area contributed by atoms with E-state index in [2.05, 4.69) is 49.1 Å². The molecule has 2 heterocycles. The fourth-order valence-electron chi connectivity index (χ4n) is 3.12. The molecular weight excluding hydrogens is 384 g/mol. The van der Waals surface area contributed by atoms with E-state index in [4.69, 9.17) is 14.9 Å². The molecule has 0 saturated carbocycles. The number of nitrogens with one attached hydrogen (secondary N) is 1. The van der Waals surface area contributed by atoms with Gasteiger partial charge in [0.15, 0.2) is 8.32 Å². The van der Waals surface area contributed by atoms with Crippen molar-refractivity contribution in [2.24, 2.45) is 0 Å². The maximum absolute atomic E-state index is 12.4. The van der Waals surface area contributed by atoms with Gasteiger partial charge in [-0.15, -0.1) is 0 Å². The van der Waals surface area contributed by atoms with Gasteiger partial charge in [0.25, 0.3) is 0 Å². The van der Waals surface area contributed by atoms with Gasteiger partial charge in [0.05, 0.1) is 29.7 Å². The summed E-state index contributed by atoms with van der Waals surface area (Å²) >= 11 is 0. The van der Waals surface area contributed by atoms with Crippen molar-refractivity contribution in [1.29, 1.82) is 0 Å². The zero-order valence-electron chi connectivity index (χ0n) is 19.2. The minimum Gasteiger partial charge on any atom is -0.444 e. The molecule has 2 rings (SSSR count). The molecule has 0 aromatic carbocycles. The minimum atomic E-state index is -2.04. The SMILES string of the molecule is CC(C)(C)OC(=O)NC1CCN(c2ccncc2N)CC1O[Si](C)(C)C(C)(C)C. The number of hydrogen-bond acceptors (Lipinski definition) is 6. The van der Waals surface area contributed by atoms with E-state index in [1.54, 1.807) is 12.4 Å². The van der Waals surface area contributed by atoms with E-state index in [1.807, 2.05) is 26.8 Å². The lowest BCUT2D eigenvalue weighted by molar-refractivity contribution is 0.0415. The number of piperidine rings is 1. The number of carbonyl (C=O) groups excluding carboxylic acids is 1. The number of amides is 1. The first-order valence-corrected chi connectivity index (χ1v) is 13.2. The van der Waals surface area contributed by atoms with Crippen molar-refractivity contribution in [1.82, 2.24) is 10.3 Å². The van der Waals surface area contributed by atoms with Gasteiger partial charge in [0.1, 0.15) is 5.60 Å². The summed E-state index contributed by atoms with van der Waals surface area (Å²) in [6, 6.07) is 1.82. The van der Waals surface area contributed by atoms with Gasteiger partial charge in [-0.2, -0.15) is 0 Å². The third kappa shape index (κ3) is 6.34. The number of anilines is 2. The summed E-state index contributed by atoms with van der Waals surface area (Å²) in [5.41, 5.74) is 7.22. The van der Waals surface area contributed by atoms with Crippen LogP contribution in [0.25, 0.3) is 0 Å². The zero-order valence-corrected chi connectivity index (χ0v) is 20.2. The number of carbonyl (C=O) groups is 1. The fraction of sp³-hybridized carbons (Fsp3) is 0.714. The molecule has 164 valence electrons. The highest BCUT2D eigenvalue weighted by atomic mass is 28.4. The first-order valence-electron chi connectivity index (χ1n) is 10.3. The van der Waals surface area contributed by atoms with Crippen LogP contribution < -0.4 is 16.0 Å². The van der Waals surface area contributed by atoms with Crippen molar-refractivity contribution in [3.8, 4) is 0 Å². The van der Waals surface area contributed by atoms with Crippen molar-refractivity contribution >= 4 is 25.8 Å². The number of aromatic nitrogens is 1. The van der Waals surface area contributed by atoms with E-state index in [0.717, 1.165) is 18.7 Å². The number of alkyl carbamates (subject to hydrolysis) is 1. The average Bonchev–Trinajstić information content (AvgIpc) is 2.54. The molecule has 0 radical (unpaired) electrons. The Morgan fingerprint density at radius 2 is 1.93 bits per heavy atom. The Balaban J connectivity index is 2.22. The molecule has 1 amide bonds. The lowest BCUT2D eigenvalue weighted by Gasteiger charge is -2.46. The normalized spacial score (nSPS) is 21.0. The highest BCUT2D eigenvalue weighted by Crippen LogP contribution is 2.38. The molecule has 1 saturated heterocycles. The molecule has 1 aromatic heterocycles. The summed E-state index contributed by atoms with van der Waals surface area (Å²) in [6.07, 6.45) is 3.62. The summed E-state index contributed by atoms with van der Waals surface area (Å²) in [5.74, 6) is 0. The smallest absolute Gasteiger partial charge is 0.407 e. The third-order valence-corrected chi connectivity index (χ3v) is 10.2. The Kier molecular flexibility index (Phi) is 6.89. The highest BCUT2D eigenvalue weighted by molar-refractivity contribution is 6.74. The van der Waals surface area contributed by atoms with E-state index in [9.17, 15) is 4.79 Å². The van der Waals surface area contributed by atoms with Gasteiger partial charge in [-0.25, -0.2) is 4.79 Å². The topological polar surface area (TPSA) is 89.7 Å². The van der Waals surface area contributed by atoms with Gasteiger partial charge in [0, 0.05) is 19.3 Å². The van der Waals surface area contributed by atoms with E-state index in [-0.39, 0.29) is 17.2 Å². The van der Waals surface area contributed by atoms with Crippen LogP contribution in [0.5, 0.6) is 0 Å². The van der Waals surface area contributed by atoms with E-state index >= 15 is 0 Å². The van der Waals surface area contributed by atoms with Crippen molar-refractivity contribution in [2.45, 2.75) is 83.8 Å². The Bertz CT molecular complexity index is 713. The van der Waals surface area contributed by atoms with Crippen LogP contribution in [0.1, 0.15) is 48.0 Å². The van der Waals surface area contributed by atoms with Crippen LogP contribution in [-0.4, -0.2) is 50.2 Å². The van der Waals surface area contributed by atoms with Crippen molar-refractivity contribution in [2.75, 3.05) is 23.7 Å². The number of nitrogens with zero attached hydrogens (tertiary/aromatic N) is 2. The lowest BCUT2D eigenvalue weighted by atomic mass is 10.0. The van der Waals surface area contributed by atoms with Gasteiger partial charge in [-0.1, -0.05) is 20.8 Å². The molecule has 1 aliphatic heterocycles. The van der Waals surface area contributed by atoms with E-state index < -0.39 is 20.0 Å². The first kappa shape index (κ1) is 23.5.